The van der Waals surface area contributed by atoms with Gasteiger partial charge in [-0.25, -0.2) is 4.98 Å². The molecule has 1 saturated heterocycles. The Balaban J connectivity index is 1.36. The van der Waals surface area contributed by atoms with Crippen molar-refractivity contribution in [1.82, 2.24) is 14.9 Å². The lowest BCUT2D eigenvalue weighted by Crippen LogP contribution is -2.37. The Morgan fingerprint density at radius 1 is 1.19 bits per heavy atom. The Morgan fingerprint density at radius 2 is 2.03 bits per heavy atom. The fraction of sp³-hybridized carbons (Fsp3) is 0.348. The zero-order chi connectivity index (χ0) is 22.1. The average Bonchev–Trinajstić information content (AvgIpc) is 3.53. The number of carbonyl (C=O) groups excluding carboxylic acids is 2. The number of aromatic nitrogens is 2. The summed E-state index contributed by atoms with van der Waals surface area (Å²) in [5.74, 6) is 1.49. The van der Waals surface area contributed by atoms with Crippen molar-refractivity contribution in [3.05, 3.63) is 48.3 Å². The van der Waals surface area contributed by atoms with Gasteiger partial charge in [-0.2, -0.15) is 0 Å². The van der Waals surface area contributed by atoms with Crippen LogP contribution in [0.2, 0.25) is 0 Å². The molecule has 1 aromatic heterocycles. The zero-order valence-electron chi connectivity index (χ0n) is 17.7. The predicted molar refractivity (Wildman–Crippen MR) is 116 cm³/mol. The minimum atomic E-state index is -0.426. The van der Waals surface area contributed by atoms with Gasteiger partial charge in [0.25, 0.3) is 0 Å². The number of carbonyl (C=O) groups is 2. The van der Waals surface area contributed by atoms with Crippen molar-refractivity contribution in [1.29, 1.82) is 0 Å². The van der Waals surface area contributed by atoms with Crippen LogP contribution in [0.15, 0.2) is 42.5 Å². The Labute approximate surface area is 184 Å². The third kappa shape index (κ3) is 3.99. The van der Waals surface area contributed by atoms with Crippen LogP contribution in [-0.4, -0.2) is 40.9 Å². The Hall–Kier alpha value is -3.59. The second-order valence-electron chi connectivity index (χ2n) is 7.89. The van der Waals surface area contributed by atoms with E-state index in [1.807, 2.05) is 35.8 Å². The van der Waals surface area contributed by atoms with Crippen molar-refractivity contribution in [2.75, 3.05) is 18.7 Å². The Kier molecular flexibility index (Phi) is 5.40. The molecule has 9 heteroatoms. The van der Waals surface area contributed by atoms with Crippen molar-refractivity contribution < 1.29 is 23.8 Å². The van der Waals surface area contributed by atoms with E-state index in [2.05, 4.69) is 10.6 Å². The molecule has 3 heterocycles. The van der Waals surface area contributed by atoms with E-state index in [4.69, 9.17) is 19.2 Å². The van der Waals surface area contributed by atoms with Crippen LogP contribution in [0.1, 0.15) is 31.6 Å². The lowest BCUT2D eigenvalue weighted by molar-refractivity contribution is -0.130. The third-order valence-electron chi connectivity index (χ3n) is 5.61. The smallest absolute Gasteiger partial charge is 0.249 e. The van der Waals surface area contributed by atoms with E-state index < -0.39 is 12.1 Å². The summed E-state index contributed by atoms with van der Waals surface area (Å²) in [7, 11) is 0. The molecule has 5 rings (SSSR count). The van der Waals surface area contributed by atoms with Gasteiger partial charge < -0.3 is 29.4 Å². The largest absolute Gasteiger partial charge is 0.454 e. The number of hydrogen-bond donors (Lipinski definition) is 2. The topological polar surface area (TPSA) is 104 Å². The van der Waals surface area contributed by atoms with E-state index in [1.165, 1.54) is 0 Å². The molecule has 3 aromatic rings. The van der Waals surface area contributed by atoms with Crippen LogP contribution in [0.5, 0.6) is 11.5 Å². The van der Waals surface area contributed by atoms with E-state index in [0.717, 1.165) is 17.5 Å². The molecule has 2 unspecified atom stereocenters. The fourth-order valence-electron chi connectivity index (χ4n) is 4.06. The summed E-state index contributed by atoms with van der Waals surface area (Å²) in [6.07, 6.45) is 1.17. The SMILES string of the molecule is CC(NC(=O)C1CCCO1)c1nc2ccccc2n1CC(=O)Nc1ccc2c(c1)OCO2. The number of amides is 2. The quantitative estimate of drug-likeness (QED) is 0.616. The van der Waals surface area contributed by atoms with E-state index >= 15 is 0 Å². The van der Waals surface area contributed by atoms with Crippen LogP contribution in [0.3, 0.4) is 0 Å². The molecule has 166 valence electrons. The normalized spacial score (nSPS) is 18.0. The van der Waals surface area contributed by atoms with Gasteiger partial charge >= 0.3 is 0 Å². The predicted octanol–water partition coefficient (Wildman–Crippen LogP) is 2.76. The first-order valence-electron chi connectivity index (χ1n) is 10.6. The zero-order valence-corrected chi connectivity index (χ0v) is 17.7. The van der Waals surface area contributed by atoms with Gasteiger partial charge in [0.1, 0.15) is 18.5 Å². The molecule has 2 amide bonds. The monoisotopic (exact) mass is 436 g/mol. The number of benzene rings is 2. The standard InChI is InChI=1S/C23H24N4O5/c1-14(24-23(29)19-7-4-10-30-19)22-26-16-5-2-3-6-17(16)27(22)12-21(28)25-15-8-9-18-20(11-15)32-13-31-18/h2-3,5-6,8-9,11,14,19H,4,7,10,12-13H2,1H3,(H,24,29)(H,25,28). The van der Waals surface area contributed by atoms with Crippen LogP contribution >= 0.6 is 0 Å². The van der Waals surface area contributed by atoms with Crippen LogP contribution in [0.4, 0.5) is 5.69 Å². The second kappa shape index (κ2) is 8.51. The summed E-state index contributed by atoms with van der Waals surface area (Å²) in [4.78, 5) is 30.1. The Morgan fingerprint density at radius 3 is 2.88 bits per heavy atom. The number of ether oxygens (including phenoxy) is 3. The van der Waals surface area contributed by atoms with Crippen LogP contribution in [0.25, 0.3) is 11.0 Å². The van der Waals surface area contributed by atoms with Crippen molar-refractivity contribution in [2.45, 2.75) is 38.5 Å². The molecule has 2 aliphatic heterocycles. The number of nitrogens with zero attached hydrogens (tertiary/aromatic N) is 2. The highest BCUT2D eigenvalue weighted by atomic mass is 16.7. The fourth-order valence-corrected chi connectivity index (χ4v) is 4.06. The molecule has 2 aromatic carbocycles. The Bertz CT molecular complexity index is 1170. The third-order valence-corrected chi connectivity index (χ3v) is 5.61. The highest BCUT2D eigenvalue weighted by Crippen LogP contribution is 2.34. The molecule has 0 aliphatic carbocycles. The molecular weight excluding hydrogens is 412 g/mol. The first-order valence-corrected chi connectivity index (χ1v) is 10.6. The lowest BCUT2D eigenvalue weighted by atomic mass is 10.2. The number of para-hydroxylation sites is 2. The van der Waals surface area contributed by atoms with Crippen molar-refractivity contribution in [2.24, 2.45) is 0 Å². The maximum Gasteiger partial charge on any atom is 0.249 e. The number of fused-ring (bicyclic) bond motifs is 2. The molecule has 32 heavy (non-hydrogen) atoms. The minimum absolute atomic E-state index is 0.0461. The molecule has 0 spiro atoms. The summed E-state index contributed by atoms with van der Waals surface area (Å²) in [5.41, 5.74) is 2.20. The number of nitrogens with one attached hydrogen (secondary N) is 2. The van der Waals surface area contributed by atoms with Crippen LogP contribution in [-0.2, 0) is 20.9 Å². The van der Waals surface area contributed by atoms with Gasteiger partial charge in [0, 0.05) is 18.4 Å². The summed E-state index contributed by atoms with van der Waals surface area (Å²) in [5, 5.41) is 5.88. The highest BCUT2D eigenvalue weighted by Gasteiger charge is 2.27. The second-order valence-corrected chi connectivity index (χ2v) is 7.89. The molecule has 0 saturated carbocycles. The van der Waals surface area contributed by atoms with Gasteiger partial charge in [0.05, 0.1) is 17.1 Å². The van der Waals surface area contributed by atoms with Gasteiger partial charge in [-0.1, -0.05) is 12.1 Å². The number of hydrogen-bond acceptors (Lipinski definition) is 6. The molecule has 2 aliphatic rings. The van der Waals surface area contributed by atoms with Gasteiger partial charge in [-0.15, -0.1) is 0 Å². The van der Waals surface area contributed by atoms with Crippen molar-refractivity contribution >= 4 is 28.5 Å². The van der Waals surface area contributed by atoms with Crippen LogP contribution in [0, 0.1) is 0 Å². The summed E-state index contributed by atoms with van der Waals surface area (Å²) in [6.45, 7) is 2.68. The molecule has 9 nitrogen and oxygen atoms in total. The van der Waals surface area contributed by atoms with Gasteiger partial charge in [0.15, 0.2) is 11.5 Å². The molecule has 0 radical (unpaired) electrons. The molecule has 2 N–H and O–H groups in total. The van der Waals surface area contributed by atoms with Crippen molar-refractivity contribution in [3.63, 3.8) is 0 Å². The summed E-state index contributed by atoms with van der Waals surface area (Å²) >= 11 is 0. The molecular formula is C23H24N4O5. The number of imidazole rings is 1. The van der Waals surface area contributed by atoms with Crippen LogP contribution < -0.4 is 20.1 Å². The summed E-state index contributed by atoms with van der Waals surface area (Å²) < 4.78 is 18.0. The first kappa shape index (κ1) is 20.3. The van der Waals surface area contributed by atoms with Crippen molar-refractivity contribution in [3.8, 4) is 11.5 Å². The van der Waals surface area contributed by atoms with E-state index in [9.17, 15) is 9.59 Å². The number of rotatable bonds is 6. The highest BCUT2D eigenvalue weighted by molar-refractivity contribution is 5.92. The van der Waals surface area contributed by atoms with Gasteiger partial charge in [-0.3, -0.25) is 9.59 Å². The maximum absolute atomic E-state index is 12.9. The molecule has 0 bridgehead atoms. The van der Waals surface area contributed by atoms with Gasteiger partial charge in [-0.05, 0) is 44.0 Å². The van der Waals surface area contributed by atoms with E-state index in [1.54, 1.807) is 18.2 Å². The lowest BCUT2D eigenvalue weighted by Gasteiger charge is -2.18. The van der Waals surface area contributed by atoms with E-state index in [0.29, 0.717) is 36.0 Å². The average molecular weight is 436 g/mol. The first-order chi connectivity index (χ1) is 15.6. The number of anilines is 1. The van der Waals surface area contributed by atoms with Gasteiger partial charge in [0.2, 0.25) is 18.6 Å². The maximum atomic E-state index is 12.9. The van der Waals surface area contributed by atoms with E-state index in [-0.39, 0.29) is 25.2 Å². The molecule has 2 atom stereocenters. The minimum Gasteiger partial charge on any atom is -0.454 e. The summed E-state index contributed by atoms with van der Waals surface area (Å²) in [6, 6.07) is 12.5. The molecule has 1 fully saturated rings.